The number of carbonyl (C=O) groups is 1. The fourth-order valence-corrected chi connectivity index (χ4v) is 2.91. The van der Waals surface area contributed by atoms with E-state index in [1.807, 2.05) is 24.3 Å². The molecule has 25 heavy (non-hydrogen) atoms. The summed E-state index contributed by atoms with van der Waals surface area (Å²) in [6, 6.07) is 14.4. The second-order valence-corrected chi connectivity index (χ2v) is 6.24. The van der Waals surface area contributed by atoms with Gasteiger partial charge in [-0.05, 0) is 46.8 Å². The fourth-order valence-electron chi connectivity index (χ4n) is 2.03. The maximum atomic E-state index is 12.1. The van der Waals surface area contributed by atoms with E-state index in [1.54, 1.807) is 36.1 Å². The SMILES string of the molecule is COc1ccc(-n2nnnc2SCC(=O)Nc2ccccc2Cl)cc1. The minimum atomic E-state index is -0.192. The molecule has 0 atom stereocenters. The number of methoxy groups -OCH3 is 1. The van der Waals surface area contributed by atoms with Crippen molar-refractivity contribution in [3.05, 3.63) is 53.6 Å². The third-order valence-corrected chi connectivity index (χ3v) is 4.49. The van der Waals surface area contributed by atoms with Crippen LogP contribution in [0, 0.1) is 0 Å². The molecule has 0 saturated carbocycles. The van der Waals surface area contributed by atoms with E-state index in [4.69, 9.17) is 16.3 Å². The number of tetrazole rings is 1. The van der Waals surface area contributed by atoms with Gasteiger partial charge in [0.25, 0.3) is 0 Å². The lowest BCUT2D eigenvalue weighted by Gasteiger charge is -2.07. The minimum absolute atomic E-state index is 0.155. The number of rotatable bonds is 6. The Morgan fingerprint density at radius 1 is 1.24 bits per heavy atom. The molecule has 1 N–H and O–H groups in total. The number of halogens is 1. The van der Waals surface area contributed by atoms with Gasteiger partial charge >= 0.3 is 0 Å². The van der Waals surface area contributed by atoms with Gasteiger partial charge in [0.05, 0.1) is 29.3 Å². The van der Waals surface area contributed by atoms with E-state index in [0.717, 1.165) is 11.4 Å². The molecule has 0 aliphatic carbocycles. The number of thioether (sulfide) groups is 1. The van der Waals surface area contributed by atoms with E-state index in [0.29, 0.717) is 15.9 Å². The van der Waals surface area contributed by atoms with Crippen molar-refractivity contribution in [3.8, 4) is 11.4 Å². The molecule has 0 saturated heterocycles. The Morgan fingerprint density at radius 2 is 2.00 bits per heavy atom. The monoisotopic (exact) mass is 375 g/mol. The zero-order valence-electron chi connectivity index (χ0n) is 13.2. The Kier molecular flexibility index (Phi) is 5.52. The summed E-state index contributed by atoms with van der Waals surface area (Å²) in [4.78, 5) is 12.1. The molecule has 3 aromatic rings. The number of anilines is 1. The minimum Gasteiger partial charge on any atom is -0.497 e. The van der Waals surface area contributed by atoms with Crippen LogP contribution in [-0.2, 0) is 4.79 Å². The van der Waals surface area contributed by atoms with Crippen LogP contribution in [0.1, 0.15) is 0 Å². The highest BCUT2D eigenvalue weighted by Crippen LogP contribution is 2.23. The third kappa shape index (κ3) is 4.28. The van der Waals surface area contributed by atoms with Gasteiger partial charge in [-0.2, -0.15) is 4.68 Å². The van der Waals surface area contributed by atoms with E-state index >= 15 is 0 Å². The smallest absolute Gasteiger partial charge is 0.234 e. The topological polar surface area (TPSA) is 81.9 Å². The Labute approximate surface area is 153 Å². The molecular formula is C16H14ClN5O2S. The quantitative estimate of drug-likeness (QED) is 0.667. The molecule has 0 radical (unpaired) electrons. The summed E-state index contributed by atoms with van der Waals surface area (Å²) in [5.41, 5.74) is 1.35. The van der Waals surface area contributed by atoms with Crippen molar-refractivity contribution >= 4 is 35.0 Å². The predicted molar refractivity (Wildman–Crippen MR) is 96.5 cm³/mol. The molecule has 0 spiro atoms. The lowest BCUT2D eigenvalue weighted by molar-refractivity contribution is -0.113. The van der Waals surface area contributed by atoms with Crippen molar-refractivity contribution < 1.29 is 9.53 Å². The molecule has 3 rings (SSSR count). The highest BCUT2D eigenvalue weighted by Gasteiger charge is 2.12. The molecule has 1 aromatic heterocycles. The molecular weight excluding hydrogens is 362 g/mol. The first-order valence-corrected chi connectivity index (χ1v) is 8.63. The Hall–Kier alpha value is -2.58. The molecule has 0 aliphatic heterocycles. The van der Waals surface area contributed by atoms with E-state index < -0.39 is 0 Å². The maximum Gasteiger partial charge on any atom is 0.234 e. The number of hydrogen-bond donors (Lipinski definition) is 1. The average Bonchev–Trinajstić information content (AvgIpc) is 3.10. The van der Waals surface area contributed by atoms with Gasteiger partial charge in [-0.25, -0.2) is 0 Å². The number of benzene rings is 2. The van der Waals surface area contributed by atoms with Crippen LogP contribution in [0.2, 0.25) is 5.02 Å². The number of para-hydroxylation sites is 1. The van der Waals surface area contributed by atoms with Crippen LogP contribution >= 0.6 is 23.4 Å². The van der Waals surface area contributed by atoms with E-state index in [2.05, 4.69) is 20.8 Å². The van der Waals surface area contributed by atoms with Crippen molar-refractivity contribution in [1.82, 2.24) is 20.2 Å². The van der Waals surface area contributed by atoms with Gasteiger partial charge in [0.15, 0.2) is 0 Å². The lowest BCUT2D eigenvalue weighted by atomic mass is 10.3. The second kappa shape index (κ2) is 8.00. The van der Waals surface area contributed by atoms with Gasteiger partial charge in [0.1, 0.15) is 5.75 Å². The zero-order valence-corrected chi connectivity index (χ0v) is 14.8. The lowest BCUT2D eigenvalue weighted by Crippen LogP contribution is -2.14. The summed E-state index contributed by atoms with van der Waals surface area (Å²) < 4.78 is 6.69. The largest absolute Gasteiger partial charge is 0.497 e. The van der Waals surface area contributed by atoms with Gasteiger partial charge in [0, 0.05) is 0 Å². The number of carbonyl (C=O) groups excluding carboxylic acids is 1. The van der Waals surface area contributed by atoms with Crippen molar-refractivity contribution in [3.63, 3.8) is 0 Å². The van der Waals surface area contributed by atoms with Gasteiger partial charge < -0.3 is 10.1 Å². The van der Waals surface area contributed by atoms with Crippen LogP contribution in [0.25, 0.3) is 5.69 Å². The molecule has 1 amide bonds. The Balaban J connectivity index is 1.65. The molecule has 7 nitrogen and oxygen atoms in total. The Bertz CT molecular complexity index is 869. The zero-order chi connectivity index (χ0) is 17.6. The van der Waals surface area contributed by atoms with Crippen molar-refractivity contribution in [2.75, 3.05) is 18.2 Å². The molecule has 0 unspecified atom stereocenters. The van der Waals surface area contributed by atoms with Crippen LogP contribution in [-0.4, -0.2) is 39.0 Å². The van der Waals surface area contributed by atoms with Crippen LogP contribution in [0.15, 0.2) is 53.7 Å². The number of nitrogens with zero attached hydrogens (tertiary/aromatic N) is 4. The van der Waals surface area contributed by atoms with Crippen LogP contribution in [0.3, 0.4) is 0 Å². The first kappa shape index (κ1) is 17.2. The highest BCUT2D eigenvalue weighted by molar-refractivity contribution is 7.99. The number of nitrogens with one attached hydrogen (secondary N) is 1. The van der Waals surface area contributed by atoms with E-state index in [-0.39, 0.29) is 11.7 Å². The molecule has 0 bridgehead atoms. The number of hydrogen-bond acceptors (Lipinski definition) is 6. The average molecular weight is 376 g/mol. The normalized spacial score (nSPS) is 10.5. The van der Waals surface area contributed by atoms with Crippen molar-refractivity contribution in [2.24, 2.45) is 0 Å². The molecule has 0 fully saturated rings. The van der Waals surface area contributed by atoms with Crippen LogP contribution < -0.4 is 10.1 Å². The van der Waals surface area contributed by atoms with Gasteiger partial charge in [-0.15, -0.1) is 5.10 Å². The number of aromatic nitrogens is 4. The first-order valence-electron chi connectivity index (χ1n) is 7.27. The predicted octanol–water partition coefficient (Wildman–Crippen LogP) is 3.06. The Morgan fingerprint density at radius 3 is 2.72 bits per heavy atom. The standard InChI is InChI=1S/C16H14ClN5O2S/c1-24-12-8-6-11(7-9-12)22-16(19-20-21-22)25-10-15(23)18-14-5-3-2-4-13(14)17/h2-9H,10H2,1H3,(H,18,23). The fraction of sp³-hybridized carbons (Fsp3) is 0.125. The van der Waals surface area contributed by atoms with Gasteiger partial charge in [-0.1, -0.05) is 35.5 Å². The summed E-state index contributed by atoms with van der Waals surface area (Å²) in [5, 5.41) is 15.4. The molecule has 128 valence electrons. The van der Waals surface area contributed by atoms with E-state index in [9.17, 15) is 4.79 Å². The van der Waals surface area contributed by atoms with Crippen molar-refractivity contribution in [1.29, 1.82) is 0 Å². The van der Waals surface area contributed by atoms with Gasteiger partial charge in [0.2, 0.25) is 11.1 Å². The molecule has 0 aliphatic rings. The summed E-state index contributed by atoms with van der Waals surface area (Å²) in [5.74, 6) is 0.703. The molecule has 1 heterocycles. The molecule has 2 aromatic carbocycles. The van der Waals surface area contributed by atoms with Gasteiger partial charge in [-0.3, -0.25) is 4.79 Å². The summed E-state index contributed by atoms with van der Waals surface area (Å²) >= 11 is 7.26. The van der Waals surface area contributed by atoms with Crippen molar-refractivity contribution in [2.45, 2.75) is 5.16 Å². The van der Waals surface area contributed by atoms with Crippen LogP contribution in [0.4, 0.5) is 5.69 Å². The summed E-state index contributed by atoms with van der Waals surface area (Å²) in [6.07, 6.45) is 0. The second-order valence-electron chi connectivity index (χ2n) is 4.89. The first-order chi connectivity index (χ1) is 12.2. The van der Waals surface area contributed by atoms with E-state index in [1.165, 1.54) is 11.8 Å². The molecule has 9 heteroatoms. The maximum absolute atomic E-state index is 12.1. The summed E-state index contributed by atoms with van der Waals surface area (Å²) in [7, 11) is 1.60. The third-order valence-electron chi connectivity index (χ3n) is 3.24. The number of ether oxygens (including phenoxy) is 1. The summed E-state index contributed by atoms with van der Waals surface area (Å²) in [6.45, 7) is 0. The van der Waals surface area contributed by atoms with Crippen LogP contribution in [0.5, 0.6) is 5.75 Å². The number of amides is 1. The highest BCUT2D eigenvalue weighted by atomic mass is 35.5.